The van der Waals surface area contributed by atoms with Crippen molar-refractivity contribution in [1.29, 1.82) is 0 Å². The monoisotopic (exact) mass is 412 g/mol. The smallest absolute Gasteiger partial charge is 0.378 e. The van der Waals surface area contributed by atoms with Gasteiger partial charge in [0, 0.05) is 19.6 Å². The van der Waals surface area contributed by atoms with Crippen LogP contribution >= 0.6 is 7.82 Å². The van der Waals surface area contributed by atoms with Crippen molar-refractivity contribution in [1.82, 2.24) is 10.6 Å². The van der Waals surface area contributed by atoms with Gasteiger partial charge in [-0.2, -0.15) is 0 Å². The number of phosphoric ester groups is 1. The second-order valence-corrected chi connectivity index (χ2v) is 8.07. The number of likely N-dealkylation sites (N-methyl/N-ethyl adjacent to an activating group) is 1. The average molecular weight is 412 g/mol. The average Bonchev–Trinajstić information content (AvgIpc) is 2.57. The molecule has 160 valence electrons. The summed E-state index contributed by atoms with van der Waals surface area (Å²) in [7, 11) is 1.90. The first-order valence-electron chi connectivity index (χ1n) is 8.85. The van der Waals surface area contributed by atoms with Crippen molar-refractivity contribution in [3.8, 4) is 0 Å². The number of amides is 1. The number of ether oxygens (including phenoxy) is 2. The van der Waals surface area contributed by atoms with Gasteiger partial charge in [-0.15, -0.1) is 0 Å². The molecule has 0 bridgehead atoms. The van der Waals surface area contributed by atoms with Crippen LogP contribution in [0.15, 0.2) is 12.7 Å². The molecule has 0 aliphatic carbocycles. The highest BCUT2D eigenvalue weighted by atomic mass is 31.2. The summed E-state index contributed by atoms with van der Waals surface area (Å²) in [6.45, 7) is 7.37. The summed E-state index contributed by atoms with van der Waals surface area (Å²) in [6, 6.07) is 0. The molecular weight excluding hydrogens is 377 g/mol. The number of nitrogens with one attached hydrogen (secondary N) is 2. The third-order valence-corrected chi connectivity index (χ3v) is 4.09. The van der Waals surface area contributed by atoms with E-state index in [0.29, 0.717) is 57.1 Å². The van der Waals surface area contributed by atoms with Crippen LogP contribution in [0.1, 0.15) is 0 Å². The Morgan fingerprint density at radius 1 is 1.00 bits per heavy atom. The lowest BCUT2D eigenvalue weighted by Crippen LogP contribution is -2.37. The van der Waals surface area contributed by atoms with E-state index in [-0.39, 0.29) is 19.1 Å². The van der Waals surface area contributed by atoms with Gasteiger partial charge < -0.3 is 29.5 Å². The largest absolute Gasteiger partial charge is 0.472 e. The number of quaternary nitrogens is 1. The Morgan fingerprint density at radius 2 is 1.56 bits per heavy atom. The Kier molecular flexibility index (Phi) is 14.7. The van der Waals surface area contributed by atoms with E-state index in [4.69, 9.17) is 18.5 Å². The van der Waals surface area contributed by atoms with E-state index in [1.807, 2.05) is 21.1 Å². The van der Waals surface area contributed by atoms with Crippen LogP contribution in [-0.4, -0.2) is 102 Å². The van der Waals surface area contributed by atoms with Crippen LogP contribution in [0.4, 0.5) is 0 Å². The Hall–Kier alpha value is -0.840. The van der Waals surface area contributed by atoms with Crippen molar-refractivity contribution in [2.24, 2.45) is 0 Å². The Labute approximate surface area is 162 Å². The fourth-order valence-corrected chi connectivity index (χ4v) is 2.32. The molecule has 0 aliphatic rings. The van der Waals surface area contributed by atoms with Gasteiger partial charge in [-0.05, 0) is 6.08 Å². The minimum atomic E-state index is -4.00. The third kappa shape index (κ3) is 19.7. The minimum Gasteiger partial charge on any atom is -0.378 e. The topological polar surface area (TPSA) is 115 Å². The van der Waals surface area contributed by atoms with Crippen LogP contribution in [0.25, 0.3) is 0 Å². The van der Waals surface area contributed by atoms with Crippen molar-refractivity contribution in [3.05, 3.63) is 12.7 Å². The first-order chi connectivity index (χ1) is 12.7. The summed E-state index contributed by atoms with van der Waals surface area (Å²) in [6.07, 6.45) is 1.21. The van der Waals surface area contributed by atoms with Crippen molar-refractivity contribution < 1.29 is 37.3 Å². The van der Waals surface area contributed by atoms with E-state index in [2.05, 4.69) is 17.2 Å². The number of hydrogen-bond donors (Lipinski definition) is 3. The molecule has 0 fully saturated rings. The van der Waals surface area contributed by atoms with Crippen molar-refractivity contribution >= 4 is 13.7 Å². The highest BCUT2D eigenvalue weighted by Crippen LogP contribution is 2.42. The van der Waals surface area contributed by atoms with E-state index in [1.54, 1.807) is 0 Å². The van der Waals surface area contributed by atoms with E-state index in [0.717, 1.165) is 0 Å². The molecule has 0 aliphatic heterocycles. The Bertz CT molecular complexity index is 458. The molecule has 0 aromatic heterocycles. The maximum Gasteiger partial charge on any atom is 0.472 e. The van der Waals surface area contributed by atoms with Gasteiger partial charge in [0.25, 0.3) is 0 Å². The highest BCUT2D eigenvalue weighted by molar-refractivity contribution is 7.47. The zero-order valence-corrected chi connectivity index (χ0v) is 17.5. The minimum absolute atomic E-state index is 0.0672. The summed E-state index contributed by atoms with van der Waals surface area (Å²) < 4.78 is 32.7. The van der Waals surface area contributed by atoms with Crippen LogP contribution in [0.5, 0.6) is 0 Å². The number of phosphoric acid groups is 1. The summed E-state index contributed by atoms with van der Waals surface area (Å²) in [5.41, 5.74) is 0. The molecule has 0 radical (unpaired) electrons. The van der Waals surface area contributed by atoms with Gasteiger partial charge in [0.15, 0.2) is 0 Å². The summed E-state index contributed by atoms with van der Waals surface area (Å²) >= 11 is 0. The predicted molar refractivity (Wildman–Crippen MR) is 102 cm³/mol. The van der Waals surface area contributed by atoms with Gasteiger partial charge in [0.2, 0.25) is 5.91 Å². The summed E-state index contributed by atoms with van der Waals surface area (Å²) in [4.78, 5) is 20.4. The normalized spacial score (nSPS) is 13.9. The van der Waals surface area contributed by atoms with Crippen molar-refractivity contribution in [3.63, 3.8) is 0 Å². The van der Waals surface area contributed by atoms with Crippen LogP contribution in [-0.2, 0) is 27.9 Å². The summed E-state index contributed by atoms with van der Waals surface area (Å²) in [5, 5.41) is 5.63. The summed E-state index contributed by atoms with van der Waals surface area (Å²) in [5.74, 6) is -0.224. The van der Waals surface area contributed by atoms with E-state index >= 15 is 0 Å². The molecule has 10 nitrogen and oxygen atoms in total. The van der Waals surface area contributed by atoms with Crippen LogP contribution in [0.2, 0.25) is 0 Å². The molecule has 1 unspecified atom stereocenters. The molecule has 0 aromatic carbocycles. The first-order valence-corrected chi connectivity index (χ1v) is 10.3. The Morgan fingerprint density at radius 3 is 2.15 bits per heavy atom. The molecule has 0 saturated carbocycles. The quantitative estimate of drug-likeness (QED) is 0.122. The van der Waals surface area contributed by atoms with E-state index in [1.165, 1.54) is 6.08 Å². The highest BCUT2D eigenvalue weighted by Gasteiger charge is 2.21. The number of nitrogens with zero attached hydrogens (tertiary/aromatic N) is 1. The van der Waals surface area contributed by atoms with Gasteiger partial charge in [0.1, 0.15) is 13.2 Å². The lowest BCUT2D eigenvalue weighted by Gasteiger charge is -2.24. The van der Waals surface area contributed by atoms with Gasteiger partial charge in [-0.25, -0.2) is 4.57 Å². The lowest BCUT2D eigenvalue weighted by atomic mass is 10.5. The molecule has 0 aromatic rings. The van der Waals surface area contributed by atoms with Crippen LogP contribution in [0.3, 0.4) is 0 Å². The molecule has 1 amide bonds. The standard InChI is InChI=1S/C16H34N3O7P/c1-5-16(20)18-8-11-24-15-14-23-10-6-17-7-12-25-27(21,22)26-13-9-19(2,3)4/h5,17H,1,6-15H2,2-4H3,(H-,18,20,21,22)/p+1. The zero-order chi connectivity index (χ0) is 20.6. The number of carbonyl (C=O) groups excluding carboxylic acids is 1. The molecule has 1 atom stereocenters. The first kappa shape index (κ1) is 26.2. The van der Waals surface area contributed by atoms with Gasteiger partial charge in [-0.3, -0.25) is 13.8 Å². The fraction of sp³-hybridized carbons (Fsp3) is 0.812. The molecule has 0 rings (SSSR count). The molecule has 0 saturated heterocycles. The molecule has 3 N–H and O–H groups in total. The number of carbonyl (C=O) groups is 1. The molecule has 27 heavy (non-hydrogen) atoms. The zero-order valence-electron chi connectivity index (χ0n) is 16.6. The van der Waals surface area contributed by atoms with Crippen LogP contribution in [0, 0.1) is 0 Å². The maximum absolute atomic E-state index is 11.6. The van der Waals surface area contributed by atoms with Gasteiger partial charge in [-0.1, -0.05) is 6.58 Å². The van der Waals surface area contributed by atoms with Crippen molar-refractivity contribution in [2.45, 2.75) is 0 Å². The van der Waals surface area contributed by atoms with E-state index in [9.17, 15) is 14.3 Å². The van der Waals surface area contributed by atoms with Crippen molar-refractivity contribution in [2.75, 3.05) is 87.0 Å². The second kappa shape index (κ2) is 15.1. The number of rotatable bonds is 18. The Balaban J connectivity index is 3.38. The predicted octanol–water partition coefficient (Wildman–Crippen LogP) is -0.249. The molecule has 0 heterocycles. The number of hydrogen-bond acceptors (Lipinski definition) is 7. The third-order valence-electron chi connectivity index (χ3n) is 3.08. The van der Waals surface area contributed by atoms with Gasteiger partial charge >= 0.3 is 7.82 Å². The molecule has 11 heteroatoms. The molecular formula is C16H35N3O7P+. The maximum atomic E-state index is 11.6. The molecule has 0 spiro atoms. The fourth-order valence-electron chi connectivity index (χ4n) is 1.61. The SMILES string of the molecule is C=CC(=O)NCCOCCOCCNCCOP(=O)(O)OCC[N+](C)(C)C. The lowest BCUT2D eigenvalue weighted by molar-refractivity contribution is -0.870. The second-order valence-electron chi connectivity index (χ2n) is 6.62. The van der Waals surface area contributed by atoms with Gasteiger partial charge in [0.05, 0.1) is 54.2 Å². The van der Waals surface area contributed by atoms with E-state index < -0.39 is 7.82 Å². The van der Waals surface area contributed by atoms with Crippen LogP contribution < -0.4 is 10.6 Å².